The van der Waals surface area contributed by atoms with Gasteiger partial charge in [0.1, 0.15) is 0 Å². The maximum absolute atomic E-state index is 12.8. The first kappa shape index (κ1) is 20.9. The minimum absolute atomic E-state index is 0.0186. The summed E-state index contributed by atoms with van der Waals surface area (Å²) in [6.07, 6.45) is -0.881. The Kier molecular flexibility index (Phi) is 6.84. The predicted octanol–water partition coefficient (Wildman–Crippen LogP) is 5.49. The van der Waals surface area contributed by atoms with Gasteiger partial charge >= 0.3 is 6.18 Å². The number of rotatable bonds is 6. The SMILES string of the molecule is CC(C)(C)[Si](C)(C)O[C@@H](/C=C/c1cccc(C(F)(F)F)c1)CCO. The molecular formula is C18H27F3O2Si. The van der Waals surface area contributed by atoms with Crippen LogP contribution in [0.2, 0.25) is 18.1 Å². The fraction of sp³-hybridized carbons (Fsp3) is 0.556. The van der Waals surface area contributed by atoms with E-state index in [2.05, 4.69) is 33.9 Å². The third-order valence-electron chi connectivity index (χ3n) is 4.38. The van der Waals surface area contributed by atoms with Crippen molar-refractivity contribution < 1.29 is 22.7 Å². The summed E-state index contributed by atoms with van der Waals surface area (Å²) in [5.74, 6) is 0. The number of aliphatic hydroxyl groups excluding tert-OH is 1. The fourth-order valence-corrected chi connectivity index (χ4v) is 3.22. The second kappa shape index (κ2) is 7.85. The van der Waals surface area contributed by atoms with Crippen LogP contribution in [-0.4, -0.2) is 26.1 Å². The van der Waals surface area contributed by atoms with E-state index in [0.29, 0.717) is 12.0 Å². The van der Waals surface area contributed by atoms with Crippen molar-refractivity contribution in [3.63, 3.8) is 0 Å². The molecule has 0 aliphatic rings. The molecule has 0 saturated carbocycles. The van der Waals surface area contributed by atoms with Crippen LogP contribution in [0.1, 0.15) is 38.3 Å². The number of benzene rings is 1. The van der Waals surface area contributed by atoms with E-state index >= 15 is 0 Å². The number of alkyl halides is 3. The topological polar surface area (TPSA) is 29.5 Å². The van der Waals surface area contributed by atoms with Crippen LogP contribution in [0.15, 0.2) is 30.3 Å². The van der Waals surface area contributed by atoms with Gasteiger partial charge in [-0.25, -0.2) is 0 Å². The van der Waals surface area contributed by atoms with Crippen LogP contribution in [0, 0.1) is 0 Å². The Balaban J connectivity index is 2.95. The molecule has 0 fully saturated rings. The molecule has 0 aromatic heterocycles. The normalized spacial score (nSPS) is 15.0. The van der Waals surface area contributed by atoms with E-state index in [1.165, 1.54) is 6.07 Å². The molecule has 0 aliphatic carbocycles. The summed E-state index contributed by atoms with van der Waals surface area (Å²) in [5, 5.41) is 9.26. The lowest BCUT2D eigenvalue weighted by Gasteiger charge is -2.38. The Morgan fingerprint density at radius 3 is 2.33 bits per heavy atom. The molecule has 1 aromatic carbocycles. The summed E-state index contributed by atoms with van der Waals surface area (Å²) in [4.78, 5) is 0. The van der Waals surface area contributed by atoms with Crippen molar-refractivity contribution in [3.8, 4) is 0 Å². The van der Waals surface area contributed by atoms with E-state index in [4.69, 9.17) is 4.43 Å². The summed E-state index contributed by atoms with van der Waals surface area (Å²) < 4.78 is 44.5. The molecule has 1 N–H and O–H groups in total. The smallest absolute Gasteiger partial charge is 0.410 e. The van der Waals surface area contributed by atoms with Crippen LogP contribution in [0.5, 0.6) is 0 Å². The molecule has 0 heterocycles. The van der Waals surface area contributed by atoms with E-state index in [9.17, 15) is 18.3 Å². The van der Waals surface area contributed by atoms with Gasteiger partial charge < -0.3 is 9.53 Å². The van der Waals surface area contributed by atoms with Gasteiger partial charge in [0, 0.05) is 6.61 Å². The van der Waals surface area contributed by atoms with Gasteiger partial charge in [-0.3, -0.25) is 0 Å². The van der Waals surface area contributed by atoms with Crippen LogP contribution >= 0.6 is 0 Å². The number of hydrogen-bond donors (Lipinski definition) is 1. The second-order valence-corrected chi connectivity index (χ2v) is 12.2. The number of aliphatic hydroxyl groups is 1. The first-order valence-corrected chi connectivity index (χ1v) is 10.9. The molecule has 0 amide bonds. The summed E-state index contributed by atoms with van der Waals surface area (Å²) >= 11 is 0. The van der Waals surface area contributed by atoms with Crippen molar-refractivity contribution in [1.82, 2.24) is 0 Å². The maximum atomic E-state index is 12.8. The quantitative estimate of drug-likeness (QED) is 0.680. The number of halogens is 3. The Morgan fingerprint density at radius 1 is 1.21 bits per heavy atom. The highest BCUT2D eigenvalue weighted by atomic mass is 28.4. The van der Waals surface area contributed by atoms with E-state index in [-0.39, 0.29) is 17.7 Å². The third-order valence-corrected chi connectivity index (χ3v) is 8.89. The van der Waals surface area contributed by atoms with Crippen molar-refractivity contribution in [2.24, 2.45) is 0 Å². The van der Waals surface area contributed by atoms with Crippen molar-refractivity contribution in [2.75, 3.05) is 6.61 Å². The van der Waals surface area contributed by atoms with Crippen LogP contribution in [-0.2, 0) is 10.6 Å². The molecule has 2 nitrogen and oxygen atoms in total. The first-order valence-electron chi connectivity index (χ1n) is 8.01. The minimum Gasteiger partial charge on any atom is -0.410 e. The molecule has 1 rings (SSSR count). The van der Waals surface area contributed by atoms with Gasteiger partial charge in [0.25, 0.3) is 0 Å². The molecule has 0 aliphatic heterocycles. The maximum Gasteiger partial charge on any atom is 0.416 e. The summed E-state index contributed by atoms with van der Waals surface area (Å²) in [6.45, 7) is 10.5. The largest absolute Gasteiger partial charge is 0.416 e. The molecule has 0 bridgehead atoms. The molecule has 0 radical (unpaired) electrons. The van der Waals surface area contributed by atoms with E-state index in [0.717, 1.165) is 12.1 Å². The van der Waals surface area contributed by atoms with Crippen LogP contribution in [0.4, 0.5) is 13.2 Å². The third kappa shape index (κ3) is 6.07. The van der Waals surface area contributed by atoms with Gasteiger partial charge in [0.2, 0.25) is 0 Å². The van der Waals surface area contributed by atoms with Crippen LogP contribution in [0.25, 0.3) is 6.08 Å². The highest BCUT2D eigenvalue weighted by molar-refractivity contribution is 6.74. The zero-order valence-corrected chi connectivity index (χ0v) is 15.9. The molecular weight excluding hydrogens is 333 g/mol. The van der Waals surface area contributed by atoms with Gasteiger partial charge in [0.05, 0.1) is 11.7 Å². The average Bonchev–Trinajstić information content (AvgIpc) is 2.43. The zero-order chi connectivity index (χ0) is 18.6. The molecule has 24 heavy (non-hydrogen) atoms. The zero-order valence-electron chi connectivity index (χ0n) is 14.9. The van der Waals surface area contributed by atoms with E-state index in [1.807, 2.05) is 0 Å². The fourth-order valence-electron chi connectivity index (χ4n) is 1.91. The molecule has 136 valence electrons. The lowest BCUT2D eigenvalue weighted by atomic mass is 10.1. The Labute approximate surface area is 143 Å². The van der Waals surface area contributed by atoms with E-state index in [1.54, 1.807) is 18.2 Å². The molecule has 0 saturated heterocycles. The van der Waals surface area contributed by atoms with Gasteiger partial charge in [-0.1, -0.05) is 45.1 Å². The predicted molar refractivity (Wildman–Crippen MR) is 94.3 cm³/mol. The van der Waals surface area contributed by atoms with Crippen molar-refractivity contribution in [3.05, 3.63) is 41.5 Å². The van der Waals surface area contributed by atoms with Gasteiger partial charge in [-0.05, 0) is 42.2 Å². The summed E-state index contributed by atoms with van der Waals surface area (Å²) in [7, 11) is -2.03. The van der Waals surface area contributed by atoms with Crippen molar-refractivity contribution >= 4 is 14.4 Å². The van der Waals surface area contributed by atoms with Crippen molar-refractivity contribution in [1.29, 1.82) is 0 Å². The Morgan fingerprint density at radius 2 is 1.83 bits per heavy atom. The monoisotopic (exact) mass is 360 g/mol. The second-order valence-electron chi connectivity index (χ2n) is 7.41. The molecule has 0 spiro atoms. The van der Waals surface area contributed by atoms with Crippen molar-refractivity contribution in [2.45, 2.75) is 57.6 Å². The number of hydrogen-bond acceptors (Lipinski definition) is 2. The lowest BCUT2D eigenvalue weighted by molar-refractivity contribution is -0.137. The molecule has 1 atom stereocenters. The van der Waals surface area contributed by atoms with Crippen LogP contribution in [0.3, 0.4) is 0 Å². The summed E-state index contributed by atoms with van der Waals surface area (Å²) in [6, 6.07) is 5.17. The standard InChI is InChI=1S/C18H27F3O2Si/c1-17(2,3)24(4,5)23-16(11-12-22)10-9-14-7-6-8-15(13-14)18(19,20)21/h6-10,13,16,22H,11-12H2,1-5H3/b10-9+/t16-/m0/s1. The average molecular weight is 360 g/mol. The van der Waals surface area contributed by atoms with Gasteiger partial charge in [-0.15, -0.1) is 0 Å². The Bertz CT molecular complexity index is 560. The minimum atomic E-state index is -4.36. The van der Waals surface area contributed by atoms with Gasteiger partial charge in [-0.2, -0.15) is 13.2 Å². The Hall–Kier alpha value is -1.11. The molecule has 0 unspecified atom stereocenters. The molecule has 1 aromatic rings. The summed E-state index contributed by atoms with van der Waals surface area (Å²) in [5.41, 5.74) is -0.208. The highest BCUT2D eigenvalue weighted by Gasteiger charge is 2.38. The first-order chi connectivity index (χ1) is 10.9. The lowest BCUT2D eigenvalue weighted by Crippen LogP contribution is -2.43. The van der Waals surface area contributed by atoms with E-state index < -0.39 is 20.1 Å². The molecule has 6 heteroatoms. The van der Waals surface area contributed by atoms with Crippen LogP contribution < -0.4 is 0 Å². The van der Waals surface area contributed by atoms with Gasteiger partial charge in [0.15, 0.2) is 8.32 Å². The highest BCUT2D eigenvalue weighted by Crippen LogP contribution is 2.38.